The van der Waals surface area contributed by atoms with Gasteiger partial charge in [-0.15, -0.1) is 0 Å². The zero-order valence-electron chi connectivity index (χ0n) is 13.1. The predicted molar refractivity (Wildman–Crippen MR) is 83.8 cm³/mol. The predicted octanol–water partition coefficient (Wildman–Crippen LogP) is 2.42. The van der Waals surface area contributed by atoms with Crippen molar-refractivity contribution >= 4 is 5.69 Å². The Morgan fingerprint density at radius 2 is 2.14 bits per heavy atom. The van der Waals surface area contributed by atoms with Crippen molar-refractivity contribution in [1.82, 2.24) is 10.2 Å². The van der Waals surface area contributed by atoms with Crippen LogP contribution < -0.4 is 10.1 Å². The van der Waals surface area contributed by atoms with Gasteiger partial charge in [-0.1, -0.05) is 6.92 Å². The molecule has 0 amide bonds. The molecular weight excluding hydrogens is 270 g/mol. The van der Waals surface area contributed by atoms with Gasteiger partial charge in [0.05, 0.1) is 11.5 Å². The molecule has 1 rings (SSSR count). The molecule has 0 spiro atoms. The summed E-state index contributed by atoms with van der Waals surface area (Å²) in [6.45, 7) is 5.10. The maximum absolute atomic E-state index is 10.9. The van der Waals surface area contributed by atoms with Crippen molar-refractivity contribution in [3.8, 4) is 5.75 Å². The number of nitro groups is 1. The maximum atomic E-state index is 10.9. The number of nitrogens with zero attached hydrogens (tertiary/aromatic N) is 2. The summed E-state index contributed by atoms with van der Waals surface area (Å²) in [5, 5.41) is 14.1. The van der Waals surface area contributed by atoms with Gasteiger partial charge in [-0.2, -0.15) is 0 Å². The van der Waals surface area contributed by atoms with Gasteiger partial charge in [0.1, 0.15) is 5.75 Å². The van der Waals surface area contributed by atoms with Crippen LogP contribution in [0.15, 0.2) is 18.2 Å². The molecule has 1 N–H and O–H groups in total. The molecule has 0 saturated carbocycles. The molecule has 0 aliphatic rings. The Balaban J connectivity index is 2.68. The van der Waals surface area contributed by atoms with E-state index in [1.165, 1.54) is 6.07 Å². The number of nitro benzene ring substituents is 1. The van der Waals surface area contributed by atoms with Crippen LogP contribution in [0.2, 0.25) is 0 Å². The van der Waals surface area contributed by atoms with E-state index >= 15 is 0 Å². The first kappa shape index (κ1) is 17.4. The molecule has 0 bridgehead atoms. The van der Waals surface area contributed by atoms with E-state index in [9.17, 15) is 10.1 Å². The second-order valence-corrected chi connectivity index (χ2v) is 5.23. The van der Waals surface area contributed by atoms with Crippen LogP contribution in [-0.2, 0) is 6.54 Å². The zero-order chi connectivity index (χ0) is 15.7. The Hall–Kier alpha value is -1.66. The Kier molecular flexibility index (Phi) is 7.71. The largest absolute Gasteiger partial charge is 0.493 e. The molecule has 0 aliphatic carbocycles. The van der Waals surface area contributed by atoms with Crippen molar-refractivity contribution in [3.05, 3.63) is 33.9 Å². The lowest BCUT2D eigenvalue weighted by atomic mass is 10.1. The summed E-state index contributed by atoms with van der Waals surface area (Å²) >= 11 is 0. The molecule has 21 heavy (non-hydrogen) atoms. The Labute approximate surface area is 126 Å². The molecule has 0 aliphatic heterocycles. The molecule has 118 valence electrons. The summed E-state index contributed by atoms with van der Waals surface area (Å²) in [5.74, 6) is 0.725. The van der Waals surface area contributed by atoms with Crippen molar-refractivity contribution in [2.45, 2.75) is 26.3 Å². The van der Waals surface area contributed by atoms with Crippen LogP contribution in [0.25, 0.3) is 0 Å². The van der Waals surface area contributed by atoms with Gasteiger partial charge in [-0.25, -0.2) is 0 Å². The van der Waals surface area contributed by atoms with Gasteiger partial charge in [0.15, 0.2) is 0 Å². The summed E-state index contributed by atoms with van der Waals surface area (Å²) < 4.78 is 5.76. The van der Waals surface area contributed by atoms with Crippen molar-refractivity contribution < 1.29 is 9.66 Å². The first-order valence-corrected chi connectivity index (χ1v) is 7.30. The molecule has 0 saturated heterocycles. The smallest absolute Gasteiger partial charge is 0.270 e. The average Bonchev–Trinajstić information content (AvgIpc) is 2.44. The Morgan fingerprint density at radius 3 is 2.76 bits per heavy atom. The molecule has 1 aromatic carbocycles. The Morgan fingerprint density at radius 1 is 1.38 bits per heavy atom. The summed E-state index contributed by atoms with van der Waals surface area (Å²) in [6, 6.07) is 4.77. The van der Waals surface area contributed by atoms with Gasteiger partial charge in [0.2, 0.25) is 0 Å². The monoisotopic (exact) mass is 295 g/mol. The van der Waals surface area contributed by atoms with Gasteiger partial charge in [-0.3, -0.25) is 10.1 Å². The highest BCUT2D eigenvalue weighted by Gasteiger charge is 2.11. The molecule has 6 heteroatoms. The van der Waals surface area contributed by atoms with Crippen molar-refractivity contribution in [1.29, 1.82) is 0 Å². The Bertz CT molecular complexity index is 450. The summed E-state index contributed by atoms with van der Waals surface area (Å²) in [7, 11) is 4.04. The van der Waals surface area contributed by atoms with Crippen LogP contribution in [-0.4, -0.2) is 43.6 Å². The van der Waals surface area contributed by atoms with Gasteiger partial charge >= 0.3 is 0 Å². The number of hydrogen-bond acceptors (Lipinski definition) is 5. The number of nitrogens with one attached hydrogen (secondary N) is 1. The number of ether oxygens (including phenoxy) is 1. The van der Waals surface area contributed by atoms with E-state index in [-0.39, 0.29) is 10.6 Å². The minimum atomic E-state index is -0.376. The lowest BCUT2D eigenvalue weighted by molar-refractivity contribution is -0.384. The molecule has 0 atom stereocenters. The highest BCUT2D eigenvalue weighted by atomic mass is 16.6. The van der Waals surface area contributed by atoms with Crippen LogP contribution in [0.5, 0.6) is 5.75 Å². The SMILES string of the molecule is CCCNCc1cc([N+](=O)[O-])ccc1OCCCN(C)C. The second-order valence-electron chi connectivity index (χ2n) is 5.23. The lowest BCUT2D eigenvalue weighted by Gasteiger charge is -2.13. The quantitative estimate of drug-likeness (QED) is 0.408. The second kappa shape index (κ2) is 9.31. The highest BCUT2D eigenvalue weighted by molar-refractivity contribution is 5.43. The molecule has 6 nitrogen and oxygen atoms in total. The number of rotatable bonds is 10. The fraction of sp³-hybridized carbons (Fsp3) is 0.600. The van der Waals surface area contributed by atoms with Gasteiger partial charge < -0.3 is 15.0 Å². The van der Waals surface area contributed by atoms with E-state index in [1.54, 1.807) is 12.1 Å². The molecule has 0 fully saturated rings. The van der Waals surface area contributed by atoms with Crippen LogP contribution in [0.4, 0.5) is 5.69 Å². The first-order chi connectivity index (χ1) is 10.0. The minimum absolute atomic E-state index is 0.101. The van der Waals surface area contributed by atoms with Crippen LogP contribution >= 0.6 is 0 Å². The van der Waals surface area contributed by atoms with E-state index in [2.05, 4.69) is 17.1 Å². The van der Waals surface area contributed by atoms with Crippen LogP contribution in [0.1, 0.15) is 25.3 Å². The first-order valence-electron chi connectivity index (χ1n) is 7.30. The summed E-state index contributed by atoms with van der Waals surface area (Å²) in [5.41, 5.74) is 0.937. The number of non-ortho nitro benzene ring substituents is 1. The number of benzene rings is 1. The molecule has 1 aromatic rings. The third kappa shape index (κ3) is 6.55. The van der Waals surface area contributed by atoms with Crippen molar-refractivity contribution in [2.75, 3.05) is 33.8 Å². The molecule has 0 unspecified atom stereocenters. The fourth-order valence-corrected chi connectivity index (χ4v) is 1.92. The van der Waals surface area contributed by atoms with Crippen molar-refractivity contribution in [2.24, 2.45) is 0 Å². The fourth-order valence-electron chi connectivity index (χ4n) is 1.92. The van der Waals surface area contributed by atoms with Crippen molar-refractivity contribution in [3.63, 3.8) is 0 Å². The average molecular weight is 295 g/mol. The van der Waals surface area contributed by atoms with E-state index in [4.69, 9.17) is 4.74 Å². The minimum Gasteiger partial charge on any atom is -0.493 e. The molecule has 0 radical (unpaired) electrons. The number of hydrogen-bond donors (Lipinski definition) is 1. The van der Waals surface area contributed by atoms with Gasteiger partial charge in [0, 0.05) is 30.8 Å². The lowest BCUT2D eigenvalue weighted by Crippen LogP contribution is -2.17. The normalized spacial score (nSPS) is 10.9. The summed E-state index contributed by atoms with van der Waals surface area (Å²) in [4.78, 5) is 12.6. The van der Waals surface area contributed by atoms with Crippen LogP contribution in [0, 0.1) is 10.1 Å². The third-order valence-corrected chi connectivity index (χ3v) is 3.00. The van der Waals surface area contributed by atoms with E-state index in [0.29, 0.717) is 13.2 Å². The van der Waals surface area contributed by atoms with E-state index in [0.717, 1.165) is 37.2 Å². The maximum Gasteiger partial charge on any atom is 0.270 e. The topological polar surface area (TPSA) is 67.6 Å². The molecule has 0 aromatic heterocycles. The van der Waals surface area contributed by atoms with E-state index in [1.807, 2.05) is 14.1 Å². The van der Waals surface area contributed by atoms with Gasteiger partial charge in [-0.05, 0) is 39.5 Å². The summed E-state index contributed by atoms with van der Waals surface area (Å²) in [6.07, 6.45) is 1.94. The van der Waals surface area contributed by atoms with E-state index < -0.39 is 0 Å². The highest BCUT2D eigenvalue weighted by Crippen LogP contribution is 2.24. The van der Waals surface area contributed by atoms with Crippen LogP contribution in [0.3, 0.4) is 0 Å². The van der Waals surface area contributed by atoms with Gasteiger partial charge in [0.25, 0.3) is 5.69 Å². The standard InChI is InChI=1S/C15H25N3O3/c1-4-8-16-12-13-11-14(18(19)20)6-7-15(13)21-10-5-9-17(2)3/h6-7,11,16H,4-5,8-10,12H2,1-3H3. The zero-order valence-corrected chi connectivity index (χ0v) is 13.1. The molecule has 0 heterocycles. The third-order valence-electron chi connectivity index (χ3n) is 3.00. The molecular formula is C15H25N3O3.